The molecule has 0 aromatic heterocycles. The molecule has 0 heterocycles. The zero-order valence-corrected chi connectivity index (χ0v) is 39.1. The van der Waals surface area contributed by atoms with Gasteiger partial charge in [-0.25, -0.2) is 22.8 Å². The summed E-state index contributed by atoms with van der Waals surface area (Å²) >= 11 is 0. The second kappa shape index (κ2) is 32.8. The molecule has 0 radical (unpaired) electrons. The van der Waals surface area contributed by atoms with Crippen LogP contribution in [0.5, 0.6) is 28.7 Å². The number of carbonyl (C=O) groups is 4. The number of aliphatic hydroxyl groups excluding tert-OH is 2. The average molecular weight is 1020 g/mol. The van der Waals surface area contributed by atoms with Crippen LogP contribution in [0, 0.1) is 39.9 Å². The smallest absolute Gasteiger partial charge is 0.504 e. The maximum Gasteiger partial charge on any atom is 0.508 e. The Morgan fingerprint density at radius 2 is 1.01 bits per heavy atom. The van der Waals surface area contributed by atoms with E-state index in [1.165, 1.54) is 31.2 Å². The highest BCUT2D eigenvalue weighted by molar-refractivity contribution is 5.85. The van der Waals surface area contributed by atoms with Gasteiger partial charge in [0.1, 0.15) is 37.3 Å². The van der Waals surface area contributed by atoms with Crippen LogP contribution in [-0.2, 0) is 50.9 Å². The molecule has 0 bridgehead atoms. The molecule has 0 aliphatic carbocycles. The van der Waals surface area contributed by atoms with E-state index >= 15 is 0 Å². The third-order valence-corrected chi connectivity index (χ3v) is 8.92. The van der Waals surface area contributed by atoms with E-state index in [4.69, 9.17) is 34.9 Å². The molecule has 2 unspecified atom stereocenters. The van der Waals surface area contributed by atoms with Crippen molar-refractivity contribution < 1.29 is 105 Å². The number of aromatic hydroxyl groups is 4. The lowest BCUT2D eigenvalue weighted by molar-refractivity contribution is -0.151. The van der Waals surface area contributed by atoms with Gasteiger partial charge in [-0.05, 0) is 81.5 Å². The lowest BCUT2D eigenvalue weighted by atomic mass is 9.91. The topological polar surface area (TPSA) is 292 Å². The van der Waals surface area contributed by atoms with Crippen LogP contribution < -0.4 is 15.8 Å². The minimum absolute atomic E-state index is 0. The molecule has 2 atom stereocenters. The Kier molecular flexibility index (Phi) is 30.0. The average Bonchev–Trinajstić information content (AvgIpc) is 3.32. The van der Waals surface area contributed by atoms with E-state index in [0.717, 1.165) is 25.3 Å². The Balaban J connectivity index is 0.00000109. The summed E-state index contributed by atoms with van der Waals surface area (Å²) in [7, 11) is 0. The van der Waals surface area contributed by atoms with Crippen LogP contribution >= 0.6 is 12.4 Å². The zero-order valence-electron chi connectivity index (χ0n) is 38.3. The number of ether oxygens (including phenoxy) is 7. The first-order valence-electron chi connectivity index (χ1n) is 20.8. The van der Waals surface area contributed by atoms with Crippen molar-refractivity contribution in [2.45, 2.75) is 53.4 Å². The first kappa shape index (κ1) is 63.1. The van der Waals surface area contributed by atoms with Gasteiger partial charge in [-0.1, -0.05) is 26.0 Å². The summed E-state index contributed by atoms with van der Waals surface area (Å²) in [4.78, 5) is 47.5. The minimum Gasteiger partial charge on any atom is -0.504 e. The molecule has 0 spiro atoms. The van der Waals surface area contributed by atoms with Gasteiger partial charge in [-0.2, -0.15) is 8.78 Å². The monoisotopic (exact) mass is 1020 g/mol. The molecule has 3 rings (SSSR count). The standard InChI is InChI=1S/C19H29NO8.C17H19F5O7.C8H11NO2.ClH/c1-3-8-26-9-10-27-18(25)28-13-19(2,12-21)17(24)20-7-6-14-4-5-15(22)16(23)11-14;1-3-4-26-5-6-27-16(25)28-8-17(2,7-23)15(24)29-14-12(21)10(19)9(18)11(20)13(14)22;9-4-3-6-1-2-7(10)8(11)5-6;/h4-5,11,21-23H,3,6-10,12-13H2,1-2H3,(H,20,24);23H,3-8H2,1-2H3;1-2,5,10-11H,3-4,9H2;1H. The van der Waals surface area contributed by atoms with Crippen LogP contribution in [0.25, 0.3) is 0 Å². The SMILES string of the molecule is CCCOCCOC(=O)OCC(C)(CO)C(=O)NCCc1ccc(O)c(O)c1.CCCOCCOC(=O)OCC(C)(CO)C(=O)Oc1c(F)c(F)c(F)c(F)c1F.Cl.NCCc1ccc(O)c(O)c1. The van der Waals surface area contributed by atoms with Gasteiger partial charge in [0.05, 0.1) is 26.4 Å². The van der Waals surface area contributed by atoms with Crippen molar-refractivity contribution in [1.29, 1.82) is 0 Å². The highest BCUT2D eigenvalue weighted by Crippen LogP contribution is 2.32. The van der Waals surface area contributed by atoms with Crippen LogP contribution in [0.2, 0.25) is 0 Å². The number of nitrogens with one attached hydrogen (secondary N) is 1. The lowest BCUT2D eigenvalue weighted by Crippen LogP contribution is -2.45. The van der Waals surface area contributed by atoms with Crippen LogP contribution in [0.3, 0.4) is 0 Å². The van der Waals surface area contributed by atoms with E-state index in [9.17, 15) is 61.6 Å². The van der Waals surface area contributed by atoms with E-state index in [2.05, 4.69) is 19.5 Å². The van der Waals surface area contributed by atoms with Gasteiger partial charge in [0.25, 0.3) is 0 Å². The fourth-order valence-electron chi connectivity index (χ4n) is 4.77. The highest BCUT2D eigenvalue weighted by atomic mass is 35.5. The van der Waals surface area contributed by atoms with Crippen molar-refractivity contribution in [3.05, 3.63) is 76.6 Å². The number of hydrogen-bond donors (Lipinski definition) is 8. The van der Waals surface area contributed by atoms with Crippen molar-refractivity contribution in [2.24, 2.45) is 16.6 Å². The van der Waals surface area contributed by atoms with Crippen molar-refractivity contribution in [3.63, 3.8) is 0 Å². The number of aliphatic hydroxyl groups is 2. The van der Waals surface area contributed by atoms with E-state index in [1.807, 2.05) is 13.8 Å². The second-order valence-corrected chi connectivity index (χ2v) is 14.9. The molecule has 1 amide bonds. The van der Waals surface area contributed by atoms with Gasteiger partial charge in [0, 0.05) is 19.8 Å². The summed E-state index contributed by atoms with van der Waals surface area (Å²) in [6.07, 6.45) is 0.559. The number of nitrogens with two attached hydrogens (primary N) is 1. The molecular formula is C44H60ClF5N2O17. The maximum absolute atomic E-state index is 13.6. The van der Waals surface area contributed by atoms with E-state index in [1.54, 1.807) is 12.1 Å². The molecule has 390 valence electrons. The Hall–Kier alpha value is -5.92. The van der Waals surface area contributed by atoms with Gasteiger partial charge < -0.3 is 74.8 Å². The minimum atomic E-state index is -2.43. The first-order chi connectivity index (χ1) is 32.1. The van der Waals surface area contributed by atoms with Crippen LogP contribution in [0.1, 0.15) is 51.7 Å². The number of rotatable bonds is 24. The molecule has 0 saturated carbocycles. The van der Waals surface area contributed by atoms with Gasteiger partial charge in [0.2, 0.25) is 40.7 Å². The fraction of sp³-hybridized carbons (Fsp3) is 0.500. The van der Waals surface area contributed by atoms with Gasteiger partial charge in [-0.3, -0.25) is 9.59 Å². The summed E-state index contributed by atoms with van der Waals surface area (Å²) < 4.78 is 100. The molecule has 3 aromatic rings. The van der Waals surface area contributed by atoms with Crippen LogP contribution in [0.15, 0.2) is 36.4 Å². The van der Waals surface area contributed by atoms with E-state index in [-0.39, 0.29) is 75.0 Å². The number of esters is 1. The Labute approximate surface area is 400 Å². The molecular weight excluding hydrogens is 959 g/mol. The quantitative estimate of drug-likeness (QED) is 0.0109. The number of amides is 1. The number of phenolic OH excluding ortho intramolecular Hbond substituents is 4. The molecule has 3 aromatic carbocycles. The fourth-order valence-corrected chi connectivity index (χ4v) is 4.77. The largest absolute Gasteiger partial charge is 0.508 e. The highest BCUT2D eigenvalue weighted by Gasteiger charge is 2.39. The van der Waals surface area contributed by atoms with Gasteiger partial charge in [-0.15, -0.1) is 12.4 Å². The zero-order chi connectivity index (χ0) is 51.5. The molecule has 9 N–H and O–H groups in total. The maximum atomic E-state index is 13.6. The molecule has 0 saturated heterocycles. The molecule has 0 fully saturated rings. The Morgan fingerprint density at radius 1 is 0.594 bits per heavy atom. The summed E-state index contributed by atoms with van der Waals surface area (Å²) in [5.41, 5.74) is 3.54. The van der Waals surface area contributed by atoms with Gasteiger partial charge in [0.15, 0.2) is 23.0 Å². The Morgan fingerprint density at radius 3 is 1.42 bits per heavy atom. The van der Waals surface area contributed by atoms with E-state index < -0.39 is 89.7 Å². The molecule has 25 heteroatoms. The number of carbonyl (C=O) groups excluding carboxylic acids is 4. The molecule has 0 aliphatic rings. The van der Waals surface area contributed by atoms with Gasteiger partial charge >= 0.3 is 18.3 Å². The third kappa shape index (κ3) is 21.9. The summed E-state index contributed by atoms with van der Waals surface area (Å²) in [6, 6.07) is 9.09. The van der Waals surface area contributed by atoms with E-state index in [0.29, 0.717) is 38.2 Å². The lowest BCUT2D eigenvalue weighted by Gasteiger charge is -2.25. The van der Waals surface area contributed by atoms with Crippen molar-refractivity contribution in [3.8, 4) is 28.7 Å². The van der Waals surface area contributed by atoms with Crippen molar-refractivity contribution in [2.75, 3.05) is 79.2 Å². The number of halogens is 6. The summed E-state index contributed by atoms with van der Waals surface area (Å²) in [6.45, 7) is 5.51. The van der Waals surface area contributed by atoms with Crippen molar-refractivity contribution >= 4 is 36.6 Å². The molecule has 69 heavy (non-hydrogen) atoms. The third-order valence-electron chi connectivity index (χ3n) is 8.92. The normalized spacial score (nSPS) is 12.2. The van der Waals surface area contributed by atoms with Crippen molar-refractivity contribution in [1.82, 2.24) is 5.32 Å². The number of benzene rings is 3. The Bertz CT molecular complexity index is 2050. The molecule has 0 aliphatic heterocycles. The van der Waals surface area contributed by atoms with Crippen LogP contribution in [-0.4, -0.2) is 134 Å². The van der Waals surface area contributed by atoms with Crippen LogP contribution in [0.4, 0.5) is 31.5 Å². The first-order valence-corrected chi connectivity index (χ1v) is 20.8. The number of hydrogen-bond acceptors (Lipinski definition) is 18. The molecule has 19 nitrogen and oxygen atoms in total. The second-order valence-electron chi connectivity index (χ2n) is 14.9. The summed E-state index contributed by atoms with van der Waals surface area (Å²) in [5, 5.41) is 58.3. The number of phenols is 4. The predicted molar refractivity (Wildman–Crippen MR) is 235 cm³/mol. The predicted octanol–water partition coefficient (Wildman–Crippen LogP) is 5.22. The summed E-state index contributed by atoms with van der Waals surface area (Å²) in [5.74, 6) is -16.4.